The van der Waals surface area contributed by atoms with Gasteiger partial charge in [-0.05, 0) is 93.3 Å². The van der Waals surface area contributed by atoms with E-state index >= 15 is 0 Å². The third-order valence-electron chi connectivity index (χ3n) is 10.5. The lowest BCUT2D eigenvalue weighted by Gasteiger charge is -2.58. The number of carbonyl (C=O) groups excluding carboxylic acids is 1. The Morgan fingerprint density at radius 3 is 2.58 bits per heavy atom. The summed E-state index contributed by atoms with van der Waals surface area (Å²) in [6, 6.07) is 0. The molecule has 4 aliphatic carbocycles. The van der Waals surface area contributed by atoms with Gasteiger partial charge in [0.2, 0.25) is 0 Å². The highest BCUT2D eigenvalue weighted by atomic mass is 16.5. The van der Waals surface area contributed by atoms with Crippen LogP contribution in [-0.4, -0.2) is 67.5 Å². The molecule has 0 unspecified atom stereocenters. The van der Waals surface area contributed by atoms with Crippen LogP contribution in [0.3, 0.4) is 0 Å². The van der Waals surface area contributed by atoms with Crippen molar-refractivity contribution in [3.8, 4) is 0 Å². The van der Waals surface area contributed by atoms with Crippen molar-refractivity contribution in [2.75, 3.05) is 40.0 Å². The van der Waals surface area contributed by atoms with Crippen molar-refractivity contribution in [2.24, 2.45) is 40.9 Å². The van der Waals surface area contributed by atoms with E-state index in [4.69, 9.17) is 9.47 Å². The van der Waals surface area contributed by atoms with E-state index in [9.17, 15) is 9.90 Å². The van der Waals surface area contributed by atoms with Gasteiger partial charge in [-0.3, -0.25) is 9.69 Å². The standard InChI is InChI=1S/C26H43NO4/c1-25-9-8-18-19(5-4-17-15-26(2,29)24(30-3)14-20(17)18)21(25)6-7-22(25)23(28)16-27-10-12-31-13-11-27/h17-22,24,29H,4-16H2,1-3H3/t17-,18-,19+,20-,21-,22+,24-,25-,26-/m0/s1. The zero-order chi connectivity index (χ0) is 21.8. The highest BCUT2D eigenvalue weighted by Crippen LogP contribution is 2.64. The molecule has 0 aromatic rings. The van der Waals surface area contributed by atoms with E-state index in [2.05, 4.69) is 11.8 Å². The van der Waals surface area contributed by atoms with Gasteiger partial charge in [-0.1, -0.05) is 6.92 Å². The van der Waals surface area contributed by atoms with Crippen LogP contribution in [0.5, 0.6) is 0 Å². The van der Waals surface area contributed by atoms with Crippen LogP contribution in [-0.2, 0) is 14.3 Å². The second-order valence-electron chi connectivity index (χ2n) is 12.0. The number of aliphatic hydroxyl groups is 1. The smallest absolute Gasteiger partial charge is 0.150 e. The third kappa shape index (κ3) is 3.82. The number of ether oxygens (including phenoxy) is 2. The maximum Gasteiger partial charge on any atom is 0.150 e. The monoisotopic (exact) mass is 433 g/mol. The van der Waals surface area contributed by atoms with Crippen LogP contribution >= 0.6 is 0 Å². The summed E-state index contributed by atoms with van der Waals surface area (Å²) in [6.45, 7) is 8.38. The van der Waals surface area contributed by atoms with Crippen LogP contribution in [0.1, 0.15) is 65.2 Å². The van der Waals surface area contributed by atoms with E-state index in [0.717, 1.165) is 57.4 Å². The molecule has 1 N–H and O–H groups in total. The minimum atomic E-state index is -0.684. The molecule has 9 atom stereocenters. The number of methoxy groups -OCH3 is 1. The van der Waals surface area contributed by atoms with Gasteiger partial charge >= 0.3 is 0 Å². The van der Waals surface area contributed by atoms with E-state index in [1.165, 1.54) is 32.1 Å². The number of ketones is 1. The summed E-state index contributed by atoms with van der Waals surface area (Å²) in [5.41, 5.74) is -0.492. The topological polar surface area (TPSA) is 59.0 Å². The number of fused-ring (bicyclic) bond motifs is 5. The quantitative estimate of drug-likeness (QED) is 0.735. The fraction of sp³-hybridized carbons (Fsp3) is 0.962. The molecule has 0 radical (unpaired) electrons. The molecule has 5 aliphatic rings. The Hall–Kier alpha value is -0.490. The number of hydrogen-bond acceptors (Lipinski definition) is 5. The summed E-state index contributed by atoms with van der Waals surface area (Å²) in [5, 5.41) is 10.9. The third-order valence-corrected chi connectivity index (χ3v) is 10.5. The van der Waals surface area contributed by atoms with Gasteiger partial charge in [0.1, 0.15) is 5.78 Å². The van der Waals surface area contributed by atoms with Crippen molar-refractivity contribution < 1.29 is 19.4 Å². The van der Waals surface area contributed by atoms with E-state index in [-0.39, 0.29) is 17.4 Å². The van der Waals surface area contributed by atoms with Crippen LogP contribution in [0.15, 0.2) is 0 Å². The van der Waals surface area contributed by atoms with Crippen LogP contribution < -0.4 is 0 Å². The lowest BCUT2D eigenvalue weighted by Crippen LogP contribution is -2.55. The predicted molar refractivity (Wildman–Crippen MR) is 120 cm³/mol. The summed E-state index contributed by atoms with van der Waals surface area (Å²) in [5.74, 6) is 4.31. The van der Waals surface area contributed by atoms with Gasteiger partial charge in [-0.15, -0.1) is 0 Å². The molecule has 4 saturated carbocycles. The summed E-state index contributed by atoms with van der Waals surface area (Å²) in [7, 11) is 1.76. The minimum absolute atomic E-state index is 0.0350. The number of carbonyl (C=O) groups is 1. The predicted octanol–water partition coefficient (Wildman–Crippen LogP) is 3.53. The number of hydrogen-bond donors (Lipinski definition) is 1. The lowest BCUT2D eigenvalue weighted by molar-refractivity contribution is -0.165. The molecular weight excluding hydrogens is 390 g/mol. The van der Waals surface area contributed by atoms with Gasteiger partial charge in [0.15, 0.2) is 0 Å². The molecule has 5 rings (SSSR count). The molecule has 0 aromatic carbocycles. The summed E-state index contributed by atoms with van der Waals surface area (Å²) < 4.78 is 11.2. The van der Waals surface area contributed by atoms with E-state index in [1.807, 2.05) is 6.92 Å². The zero-order valence-electron chi connectivity index (χ0n) is 19.9. The first-order chi connectivity index (χ1) is 14.8. The first kappa shape index (κ1) is 22.3. The van der Waals surface area contributed by atoms with Crippen LogP contribution in [0, 0.1) is 40.9 Å². The van der Waals surface area contributed by atoms with Crippen LogP contribution in [0.25, 0.3) is 0 Å². The van der Waals surface area contributed by atoms with Crippen LogP contribution in [0.2, 0.25) is 0 Å². The van der Waals surface area contributed by atoms with E-state index in [1.54, 1.807) is 7.11 Å². The van der Waals surface area contributed by atoms with Gasteiger partial charge in [0, 0.05) is 26.1 Å². The largest absolute Gasteiger partial charge is 0.387 e. The zero-order valence-corrected chi connectivity index (χ0v) is 19.9. The summed E-state index contributed by atoms with van der Waals surface area (Å²) in [4.78, 5) is 15.7. The maximum atomic E-state index is 13.4. The minimum Gasteiger partial charge on any atom is -0.387 e. The Kier molecular flexibility index (Phi) is 6.03. The van der Waals surface area contributed by atoms with Gasteiger partial charge < -0.3 is 14.6 Å². The highest BCUT2D eigenvalue weighted by molar-refractivity contribution is 5.84. The fourth-order valence-electron chi connectivity index (χ4n) is 8.99. The van der Waals surface area contributed by atoms with Crippen molar-refractivity contribution >= 4 is 5.78 Å². The molecule has 1 heterocycles. The second-order valence-corrected chi connectivity index (χ2v) is 12.0. The number of rotatable bonds is 4. The average Bonchev–Trinajstić information content (AvgIpc) is 3.10. The van der Waals surface area contributed by atoms with Crippen molar-refractivity contribution in [2.45, 2.75) is 76.9 Å². The number of nitrogens with zero attached hydrogens (tertiary/aromatic N) is 1. The molecule has 5 nitrogen and oxygen atoms in total. The van der Waals surface area contributed by atoms with E-state index in [0.29, 0.717) is 30.1 Å². The fourth-order valence-corrected chi connectivity index (χ4v) is 8.99. The molecule has 5 fully saturated rings. The molecule has 5 heteroatoms. The van der Waals surface area contributed by atoms with Gasteiger partial charge in [-0.25, -0.2) is 0 Å². The van der Waals surface area contributed by atoms with Gasteiger partial charge in [-0.2, -0.15) is 0 Å². The Balaban J connectivity index is 1.29. The van der Waals surface area contributed by atoms with Crippen molar-refractivity contribution in [1.82, 2.24) is 4.90 Å². The highest BCUT2D eigenvalue weighted by Gasteiger charge is 2.59. The maximum absolute atomic E-state index is 13.4. The van der Waals surface area contributed by atoms with Crippen molar-refractivity contribution in [1.29, 1.82) is 0 Å². The van der Waals surface area contributed by atoms with Gasteiger partial charge in [0.05, 0.1) is 31.5 Å². The van der Waals surface area contributed by atoms with Crippen molar-refractivity contribution in [3.05, 3.63) is 0 Å². The summed E-state index contributed by atoms with van der Waals surface area (Å²) >= 11 is 0. The Labute approximate surface area is 188 Å². The average molecular weight is 434 g/mol. The Morgan fingerprint density at radius 1 is 1.06 bits per heavy atom. The Morgan fingerprint density at radius 2 is 1.84 bits per heavy atom. The SMILES string of the molecule is CO[C@H]1C[C@H]2[C@@H](CC[C@@H]3[C@@H]2CC[C@]2(C)[C@@H](C(=O)CN4CCOCC4)CC[C@@H]32)C[C@]1(C)O. The molecule has 0 spiro atoms. The van der Waals surface area contributed by atoms with E-state index < -0.39 is 5.60 Å². The van der Waals surface area contributed by atoms with Gasteiger partial charge in [0.25, 0.3) is 0 Å². The van der Waals surface area contributed by atoms with Crippen LogP contribution in [0.4, 0.5) is 0 Å². The Bertz CT molecular complexity index is 674. The first-order valence-corrected chi connectivity index (χ1v) is 12.9. The molecule has 0 bridgehead atoms. The van der Waals surface area contributed by atoms with Crippen molar-refractivity contribution in [3.63, 3.8) is 0 Å². The lowest BCUT2D eigenvalue weighted by atomic mass is 9.48. The second kappa shape index (κ2) is 8.38. The molecule has 31 heavy (non-hydrogen) atoms. The molecule has 1 saturated heterocycles. The number of morpholine rings is 1. The first-order valence-electron chi connectivity index (χ1n) is 12.9. The molecule has 176 valence electrons. The normalized spacial score (nSPS) is 50.4. The summed E-state index contributed by atoms with van der Waals surface area (Å²) in [6.07, 6.45) is 9.21. The molecule has 1 aliphatic heterocycles. The number of Topliss-reactive ketones (excluding diaryl/α,β-unsaturated/α-hetero) is 1. The molecular formula is C26H43NO4. The molecule has 0 amide bonds. The molecule has 0 aromatic heterocycles.